The zero-order chi connectivity index (χ0) is 22.8. The number of piperazine rings is 1. The minimum atomic E-state index is -0.121. The summed E-state index contributed by atoms with van der Waals surface area (Å²) in [4.78, 5) is 43.0. The summed E-state index contributed by atoms with van der Waals surface area (Å²) in [6.07, 6.45) is 3.45. The van der Waals surface area contributed by atoms with Crippen LogP contribution < -0.4 is 10.5 Å². The van der Waals surface area contributed by atoms with Crippen molar-refractivity contribution in [3.8, 4) is 0 Å². The van der Waals surface area contributed by atoms with Crippen molar-refractivity contribution >= 4 is 22.9 Å². The Morgan fingerprint density at radius 1 is 0.939 bits per heavy atom. The van der Waals surface area contributed by atoms with Gasteiger partial charge >= 0.3 is 0 Å². The molecule has 0 spiro atoms. The SMILES string of the molecule is Cc1nc2cc(C(=O)N3CCN(c4ncccn4)CC3)ccc2n(Cc2ccccc2)c1=O. The average molecular weight is 441 g/mol. The van der Waals surface area contributed by atoms with E-state index in [1.54, 1.807) is 42.1 Å². The van der Waals surface area contributed by atoms with E-state index in [1.165, 1.54) is 0 Å². The molecule has 33 heavy (non-hydrogen) atoms. The highest BCUT2D eigenvalue weighted by atomic mass is 16.2. The lowest BCUT2D eigenvalue weighted by atomic mass is 10.1. The minimum absolute atomic E-state index is 0.0363. The van der Waals surface area contributed by atoms with Crippen LogP contribution in [0.3, 0.4) is 0 Å². The molecule has 0 bridgehead atoms. The summed E-state index contributed by atoms with van der Waals surface area (Å²) in [5.74, 6) is 0.650. The van der Waals surface area contributed by atoms with Gasteiger partial charge in [-0.05, 0) is 36.8 Å². The summed E-state index contributed by atoms with van der Waals surface area (Å²) in [7, 11) is 0. The molecule has 0 unspecified atom stereocenters. The van der Waals surface area contributed by atoms with E-state index in [0.29, 0.717) is 55.4 Å². The van der Waals surface area contributed by atoms with Gasteiger partial charge in [0.25, 0.3) is 11.5 Å². The standard InChI is InChI=1S/C25H24N6O2/c1-18-23(32)31(17-19-6-3-2-4-7-19)22-9-8-20(16-21(22)28-18)24(33)29-12-14-30(15-13-29)25-26-10-5-11-27-25/h2-11,16H,12-15,17H2,1H3. The molecule has 2 aromatic heterocycles. The molecule has 1 fully saturated rings. The maximum absolute atomic E-state index is 13.2. The van der Waals surface area contributed by atoms with E-state index in [-0.39, 0.29) is 11.5 Å². The number of fused-ring (bicyclic) bond motifs is 1. The van der Waals surface area contributed by atoms with E-state index in [9.17, 15) is 9.59 Å². The molecule has 0 atom stereocenters. The lowest BCUT2D eigenvalue weighted by Gasteiger charge is -2.34. The van der Waals surface area contributed by atoms with Gasteiger partial charge in [0.2, 0.25) is 5.95 Å². The van der Waals surface area contributed by atoms with Crippen LogP contribution in [0.25, 0.3) is 11.0 Å². The van der Waals surface area contributed by atoms with E-state index < -0.39 is 0 Å². The first-order chi connectivity index (χ1) is 16.1. The van der Waals surface area contributed by atoms with E-state index in [4.69, 9.17) is 0 Å². The second-order valence-corrected chi connectivity index (χ2v) is 8.11. The maximum Gasteiger partial charge on any atom is 0.272 e. The average Bonchev–Trinajstić information content (AvgIpc) is 2.87. The van der Waals surface area contributed by atoms with Crippen molar-refractivity contribution in [3.05, 3.63) is 94.2 Å². The number of benzene rings is 2. The predicted molar refractivity (Wildman–Crippen MR) is 126 cm³/mol. The molecule has 2 aromatic carbocycles. The van der Waals surface area contributed by atoms with Crippen LogP contribution in [0.4, 0.5) is 5.95 Å². The topological polar surface area (TPSA) is 84.2 Å². The Kier molecular flexibility index (Phi) is 5.56. The first-order valence-electron chi connectivity index (χ1n) is 11.0. The molecule has 1 aliphatic heterocycles. The molecule has 8 nitrogen and oxygen atoms in total. The molecule has 166 valence electrons. The highest BCUT2D eigenvalue weighted by Crippen LogP contribution is 2.18. The fourth-order valence-electron chi connectivity index (χ4n) is 4.18. The van der Waals surface area contributed by atoms with Gasteiger partial charge in [0.1, 0.15) is 5.69 Å². The number of rotatable bonds is 4. The lowest BCUT2D eigenvalue weighted by molar-refractivity contribution is 0.0746. The molecule has 0 N–H and O–H groups in total. The molecule has 5 rings (SSSR count). The third kappa shape index (κ3) is 4.19. The molecule has 0 radical (unpaired) electrons. The van der Waals surface area contributed by atoms with Gasteiger partial charge < -0.3 is 14.4 Å². The van der Waals surface area contributed by atoms with Crippen LogP contribution >= 0.6 is 0 Å². The second-order valence-electron chi connectivity index (χ2n) is 8.11. The van der Waals surface area contributed by atoms with Crippen molar-refractivity contribution in [1.29, 1.82) is 0 Å². The smallest absolute Gasteiger partial charge is 0.272 e. The van der Waals surface area contributed by atoms with Gasteiger partial charge in [-0.3, -0.25) is 9.59 Å². The summed E-state index contributed by atoms with van der Waals surface area (Å²) < 4.78 is 1.72. The van der Waals surface area contributed by atoms with Crippen LogP contribution in [0.1, 0.15) is 21.6 Å². The molecule has 8 heteroatoms. The van der Waals surface area contributed by atoms with Gasteiger partial charge in [-0.15, -0.1) is 0 Å². The third-order valence-electron chi connectivity index (χ3n) is 5.94. The van der Waals surface area contributed by atoms with Crippen molar-refractivity contribution in [2.45, 2.75) is 13.5 Å². The van der Waals surface area contributed by atoms with Gasteiger partial charge in [0.15, 0.2) is 0 Å². The Bertz CT molecular complexity index is 1350. The summed E-state index contributed by atoms with van der Waals surface area (Å²) in [6, 6.07) is 17.0. The number of carbonyl (C=O) groups is 1. The molecular formula is C25H24N6O2. The Labute approximate surface area is 191 Å². The lowest BCUT2D eigenvalue weighted by Crippen LogP contribution is -2.49. The van der Waals surface area contributed by atoms with Gasteiger partial charge in [-0.2, -0.15) is 0 Å². The zero-order valence-corrected chi connectivity index (χ0v) is 18.4. The Balaban J connectivity index is 1.39. The number of nitrogens with zero attached hydrogens (tertiary/aromatic N) is 6. The maximum atomic E-state index is 13.2. The summed E-state index contributed by atoms with van der Waals surface area (Å²) >= 11 is 0. The van der Waals surface area contributed by atoms with Crippen molar-refractivity contribution in [2.75, 3.05) is 31.1 Å². The van der Waals surface area contributed by atoms with Crippen LogP contribution in [-0.4, -0.2) is 56.5 Å². The molecular weight excluding hydrogens is 416 g/mol. The number of aryl methyl sites for hydroxylation is 1. The fourth-order valence-corrected chi connectivity index (χ4v) is 4.18. The van der Waals surface area contributed by atoms with E-state index in [0.717, 1.165) is 11.1 Å². The first kappa shape index (κ1) is 20.8. The molecule has 3 heterocycles. The summed E-state index contributed by atoms with van der Waals surface area (Å²) in [5.41, 5.74) is 3.27. The van der Waals surface area contributed by atoms with Gasteiger partial charge in [-0.1, -0.05) is 30.3 Å². The van der Waals surface area contributed by atoms with Crippen LogP contribution in [0.15, 0.2) is 71.8 Å². The Morgan fingerprint density at radius 3 is 2.39 bits per heavy atom. The normalized spacial score (nSPS) is 14.0. The predicted octanol–water partition coefficient (Wildman–Crippen LogP) is 2.51. The highest BCUT2D eigenvalue weighted by molar-refractivity contribution is 5.97. The number of aromatic nitrogens is 4. The van der Waals surface area contributed by atoms with Gasteiger partial charge in [0.05, 0.1) is 17.6 Å². The van der Waals surface area contributed by atoms with Crippen LogP contribution in [0.5, 0.6) is 0 Å². The molecule has 0 aliphatic carbocycles. The van der Waals surface area contributed by atoms with Crippen LogP contribution in [0, 0.1) is 6.92 Å². The molecule has 4 aromatic rings. The number of carbonyl (C=O) groups excluding carboxylic acids is 1. The zero-order valence-electron chi connectivity index (χ0n) is 18.4. The van der Waals surface area contributed by atoms with E-state index in [2.05, 4.69) is 19.9 Å². The van der Waals surface area contributed by atoms with Crippen LogP contribution in [0.2, 0.25) is 0 Å². The Morgan fingerprint density at radius 2 is 1.67 bits per heavy atom. The number of anilines is 1. The van der Waals surface area contributed by atoms with Gasteiger partial charge in [0, 0.05) is 44.1 Å². The van der Waals surface area contributed by atoms with Crippen molar-refractivity contribution in [3.63, 3.8) is 0 Å². The molecule has 0 saturated carbocycles. The van der Waals surface area contributed by atoms with E-state index >= 15 is 0 Å². The Hall–Kier alpha value is -4.07. The van der Waals surface area contributed by atoms with Crippen molar-refractivity contribution in [1.82, 2.24) is 24.4 Å². The fraction of sp³-hybridized carbons (Fsp3) is 0.240. The largest absolute Gasteiger partial charge is 0.337 e. The molecule has 1 amide bonds. The summed E-state index contributed by atoms with van der Waals surface area (Å²) in [5, 5.41) is 0. The van der Waals surface area contributed by atoms with Crippen LogP contribution in [-0.2, 0) is 6.54 Å². The number of amides is 1. The monoisotopic (exact) mass is 440 g/mol. The molecule has 1 aliphatic rings. The number of hydrogen-bond acceptors (Lipinski definition) is 6. The number of hydrogen-bond donors (Lipinski definition) is 0. The summed E-state index contributed by atoms with van der Waals surface area (Å²) in [6.45, 7) is 4.71. The quantitative estimate of drug-likeness (QED) is 0.485. The second kappa shape index (κ2) is 8.82. The first-order valence-corrected chi connectivity index (χ1v) is 11.0. The van der Waals surface area contributed by atoms with Gasteiger partial charge in [-0.25, -0.2) is 15.0 Å². The van der Waals surface area contributed by atoms with Crippen molar-refractivity contribution < 1.29 is 4.79 Å². The molecule has 1 saturated heterocycles. The minimum Gasteiger partial charge on any atom is -0.337 e. The van der Waals surface area contributed by atoms with E-state index in [1.807, 2.05) is 41.3 Å². The van der Waals surface area contributed by atoms with Crippen molar-refractivity contribution in [2.24, 2.45) is 0 Å². The highest BCUT2D eigenvalue weighted by Gasteiger charge is 2.24. The third-order valence-corrected chi connectivity index (χ3v) is 5.94.